The zero-order chi connectivity index (χ0) is 20.5. The molecule has 0 aliphatic carbocycles. The number of hydrogen-bond donors (Lipinski definition) is 0. The number of carbonyl (C=O) groups excluding carboxylic acids is 1. The standard InChI is InChI=1S/C28H22O2/c1-19(29)22-13-8-14-23(15-22)28-26-18-30-17-24(26)16-25(20-9-4-2-5-10-20)27(28)21-11-6-3-7-12-21/h2-16H,17-18H2,1H3. The van der Waals surface area contributed by atoms with Gasteiger partial charge in [-0.2, -0.15) is 0 Å². The molecule has 146 valence electrons. The number of rotatable bonds is 4. The van der Waals surface area contributed by atoms with E-state index in [1.54, 1.807) is 6.92 Å². The summed E-state index contributed by atoms with van der Waals surface area (Å²) in [7, 11) is 0. The van der Waals surface area contributed by atoms with Crippen molar-refractivity contribution in [3.05, 3.63) is 108 Å². The highest BCUT2D eigenvalue weighted by atomic mass is 16.5. The molecule has 0 N–H and O–H groups in total. The van der Waals surface area contributed by atoms with Crippen molar-refractivity contribution in [1.29, 1.82) is 0 Å². The molecular formula is C28H22O2. The predicted octanol–water partition coefficient (Wildman–Crippen LogP) is 6.92. The molecule has 0 unspecified atom stereocenters. The van der Waals surface area contributed by atoms with Gasteiger partial charge in [0, 0.05) is 5.56 Å². The van der Waals surface area contributed by atoms with Crippen molar-refractivity contribution in [2.45, 2.75) is 20.1 Å². The Bertz CT molecular complexity index is 1220. The smallest absolute Gasteiger partial charge is 0.159 e. The molecule has 0 radical (unpaired) electrons. The molecule has 2 heteroatoms. The molecule has 0 spiro atoms. The van der Waals surface area contributed by atoms with Gasteiger partial charge < -0.3 is 4.74 Å². The number of fused-ring (bicyclic) bond motifs is 1. The van der Waals surface area contributed by atoms with Crippen LogP contribution in [0.1, 0.15) is 28.4 Å². The molecule has 1 aliphatic rings. The van der Waals surface area contributed by atoms with Gasteiger partial charge in [0.2, 0.25) is 0 Å². The van der Waals surface area contributed by atoms with E-state index in [-0.39, 0.29) is 5.78 Å². The molecular weight excluding hydrogens is 368 g/mol. The van der Waals surface area contributed by atoms with Crippen molar-refractivity contribution in [1.82, 2.24) is 0 Å². The average Bonchev–Trinajstić information content (AvgIpc) is 3.27. The highest BCUT2D eigenvalue weighted by Gasteiger charge is 2.24. The van der Waals surface area contributed by atoms with Crippen molar-refractivity contribution in [2.75, 3.05) is 0 Å². The first-order valence-corrected chi connectivity index (χ1v) is 10.2. The third-order valence-electron chi connectivity index (χ3n) is 5.74. The number of ether oxygens (including phenoxy) is 1. The van der Waals surface area contributed by atoms with Gasteiger partial charge in [0.25, 0.3) is 0 Å². The molecule has 1 heterocycles. The van der Waals surface area contributed by atoms with E-state index in [0.29, 0.717) is 13.2 Å². The Morgan fingerprint density at radius 2 is 1.37 bits per heavy atom. The summed E-state index contributed by atoms with van der Waals surface area (Å²) in [5, 5.41) is 0. The third kappa shape index (κ3) is 3.26. The second-order valence-corrected chi connectivity index (χ2v) is 7.67. The van der Waals surface area contributed by atoms with E-state index in [9.17, 15) is 4.79 Å². The van der Waals surface area contributed by atoms with Crippen molar-refractivity contribution >= 4 is 5.78 Å². The maximum absolute atomic E-state index is 12.1. The van der Waals surface area contributed by atoms with Crippen molar-refractivity contribution in [2.24, 2.45) is 0 Å². The van der Waals surface area contributed by atoms with Crippen molar-refractivity contribution < 1.29 is 9.53 Å². The fraction of sp³-hybridized carbons (Fsp3) is 0.107. The van der Waals surface area contributed by atoms with E-state index < -0.39 is 0 Å². The Morgan fingerprint density at radius 3 is 2.07 bits per heavy atom. The molecule has 0 bridgehead atoms. The minimum absolute atomic E-state index is 0.0743. The summed E-state index contributed by atoms with van der Waals surface area (Å²) in [6, 6.07) is 31.2. The molecule has 30 heavy (non-hydrogen) atoms. The fourth-order valence-electron chi connectivity index (χ4n) is 4.30. The first-order valence-electron chi connectivity index (χ1n) is 10.2. The van der Waals surface area contributed by atoms with Crippen LogP contribution in [0.25, 0.3) is 33.4 Å². The van der Waals surface area contributed by atoms with Gasteiger partial charge in [-0.3, -0.25) is 4.79 Å². The SMILES string of the molecule is CC(=O)c1cccc(-c2c3c(cc(-c4ccccc4)c2-c2ccccc2)COC3)c1. The van der Waals surface area contributed by atoms with Gasteiger partial charge in [0.15, 0.2) is 5.78 Å². The van der Waals surface area contributed by atoms with Gasteiger partial charge in [-0.15, -0.1) is 0 Å². The summed E-state index contributed by atoms with van der Waals surface area (Å²) in [6.07, 6.45) is 0. The van der Waals surface area contributed by atoms with E-state index in [0.717, 1.165) is 22.3 Å². The van der Waals surface area contributed by atoms with E-state index in [1.165, 1.54) is 27.8 Å². The summed E-state index contributed by atoms with van der Waals surface area (Å²) in [5.74, 6) is 0.0743. The lowest BCUT2D eigenvalue weighted by atomic mass is 9.82. The zero-order valence-corrected chi connectivity index (χ0v) is 16.9. The quantitative estimate of drug-likeness (QED) is 0.354. The second-order valence-electron chi connectivity index (χ2n) is 7.67. The van der Waals surface area contributed by atoms with Gasteiger partial charge in [-0.05, 0) is 63.6 Å². The predicted molar refractivity (Wildman–Crippen MR) is 121 cm³/mol. The molecule has 0 atom stereocenters. The normalized spacial score (nSPS) is 12.6. The Balaban J connectivity index is 1.89. The van der Waals surface area contributed by atoms with Crippen molar-refractivity contribution in [3.63, 3.8) is 0 Å². The molecule has 0 amide bonds. The minimum atomic E-state index is 0.0743. The van der Waals surface area contributed by atoms with Gasteiger partial charge in [-0.25, -0.2) is 0 Å². The minimum Gasteiger partial charge on any atom is -0.372 e. The van der Waals surface area contributed by atoms with Crippen LogP contribution in [0.3, 0.4) is 0 Å². The number of benzene rings is 4. The number of Topliss-reactive ketones (excluding diaryl/α,β-unsaturated/α-hetero) is 1. The van der Waals surface area contributed by atoms with Crippen LogP contribution in [0.15, 0.2) is 91.0 Å². The topological polar surface area (TPSA) is 26.3 Å². The van der Waals surface area contributed by atoms with E-state index in [1.807, 2.05) is 30.3 Å². The lowest BCUT2D eigenvalue weighted by molar-refractivity contribution is 0.101. The molecule has 0 aromatic heterocycles. The number of carbonyl (C=O) groups is 1. The lowest BCUT2D eigenvalue weighted by Crippen LogP contribution is -1.99. The number of ketones is 1. The average molecular weight is 390 g/mol. The van der Waals surface area contributed by atoms with Crippen LogP contribution in [-0.2, 0) is 18.0 Å². The van der Waals surface area contributed by atoms with Crippen LogP contribution in [0.5, 0.6) is 0 Å². The van der Waals surface area contributed by atoms with Crippen LogP contribution < -0.4 is 0 Å². The molecule has 4 aromatic carbocycles. The largest absolute Gasteiger partial charge is 0.372 e. The van der Waals surface area contributed by atoms with E-state index >= 15 is 0 Å². The summed E-state index contributed by atoms with van der Waals surface area (Å²) in [6.45, 7) is 2.82. The molecule has 0 fully saturated rings. The fourth-order valence-corrected chi connectivity index (χ4v) is 4.30. The van der Waals surface area contributed by atoms with E-state index in [2.05, 4.69) is 60.7 Å². The van der Waals surface area contributed by atoms with Gasteiger partial charge >= 0.3 is 0 Å². The Morgan fingerprint density at radius 1 is 0.700 bits per heavy atom. The second kappa shape index (κ2) is 7.74. The summed E-state index contributed by atoms with van der Waals surface area (Å²) < 4.78 is 5.87. The Labute approximate surface area is 176 Å². The monoisotopic (exact) mass is 390 g/mol. The first kappa shape index (κ1) is 18.5. The molecule has 1 aliphatic heterocycles. The van der Waals surface area contributed by atoms with Gasteiger partial charge in [0.1, 0.15) is 0 Å². The molecule has 2 nitrogen and oxygen atoms in total. The first-order chi connectivity index (χ1) is 14.7. The maximum Gasteiger partial charge on any atom is 0.159 e. The highest BCUT2D eigenvalue weighted by molar-refractivity contribution is 5.99. The Hall–Kier alpha value is -3.49. The third-order valence-corrected chi connectivity index (χ3v) is 5.74. The lowest BCUT2D eigenvalue weighted by Gasteiger charge is -2.20. The van der Waals surface area contributed by atoms with Crippen molar-refractivity contribution in [3.8, 4) is 33.4 Å². The van der Waals surface area contributed by atoms with Crippen LogP contribution >= 0.6 is 0 Å². The van der Waals surface area contributed by atoms with Crippen LogP contribution in [0, 0.1) is 0 Å². The zero-order valence-electron chi connectivity index (χ0n) is 16.9. The molecule has 4 aromatic rings. The van der Waals surface area contributed by atoms with Crippen LogP contribution in [0.4, 0.5) is 0 Å². The summed E-state index contributed by atoms with van der Waals surface area (Å²) >= 11 is 0. The molecule has 5 rings (SSSR count). The van der Waals surface area contributed by atoms with E-state index in [4.69, 9.17) is 4.74 Å². The van der Waals surface area contributed by atoms with Gasteiger partial charge in [0.05, 0.1) is 13.2 Å². The Kier molecular flexibility index (Phi) is 4.78. The highest BCUT2D eigenvalue weighted by Crippen LogP contribution is 2.45. The van der Waals surface area contributed by atoms with Crippen LogP contribution in [-0.4, -0.2) is 5.78 Å². The maximum atomic E-state index is 12.1. The number of hydrogen-bond acceptors (Lipinski definition) is 2. The summed E-state index contributed by atoms with van der Waals surface area (Å²) in [4.78, 5) is 12.1. The molecule has 0 saturated carbocycles. The summed E-state index contributed by atoms with van der Waals surface area (Å²) in [5.41, 5.74) is 10.1. The van der Waals surface area contributed by atoms with Crippen LogP contribution in [0.2, 0.25) is 0 Å². The molecule has 0 saturated heterocycles. The van der Waals surface area contributed by atoms with Gasteiger partial charge in [-0.1, -0.05) is 78.9 Å².